The largest absolute Gasteiger partial charge is 0.489 e. The Kier molecular flexibility index (Phi) is 12.2. The van der Waals surface area contributed by atoms with Gasteiger partial charge in [-0.1, -0.05) is 35.3 Å². The van der Waals surface area contributed by atoms with Crippen LogP contribution in [0.4, 0.5) is 14.5 Å². The lowest BCUT2D eigenvalue weighted by atomic mass is 9.86. The zero-order valence-corrected chi connectivity index (χ0v) is 31.5. The summed E-state index contributed by atoms with van der Waals surface area (Å²) < 4.78 is 54.7. The van der Waals surface area contributed by atoms with E-state index in [-0.39, 0.29) is 39.6 Å². The van der Waals surface area contributed by atoms with Crippen molar-refractivity contribution < 1.29 is 42.1 Å². The van der Waals surface area contributed by atoms with E-state index in [1.165, 1.54) is 37.7 Å². The zero-order chi connectivity index (χ0) is 38.5. The van der Waals surface area contributed by atoms with Gasteiger partial charge in [0.1, 0.15) is 12.2 Å². The molecule has 290 valence electrons. The van der Waals surface area contributed by atoms with E-state index in [0.29, 0.717) is 53.2 Å². The Morgan fingerprint density at radius 1 is 0.945 bits per heavy atom. The van der Waals surface area contributed by atoms with Crippen LogP contribution in [0.2, 0.25) is 10.0 Å². The third-order valence-electron chi connectivity index (χ3n) is 10.1. The van der Waals surface area contributed by atoms with Crippen molar-refractivity contribution in [2.45, 2.75) is 57.0 Å². The molecule has 4 fully saturated rings. The number of aromatic nitrogens is 2. The van der Waals surface area contributed by atoms with E-state index < -0.39 is 30.7 Å². The van der Waals surface area contributed by atoms with E-state index >= 15 is 0 Å². The Bertz CT molecular complexity index is 1960. The van der Waals surface area contributed by atoms with Crippen LogP contribution < -0.4 is 19.5 Å². The molecule has 3 aliphatic heterocycles. The zero-order valence-electron chi connectivity index (χ0n) is 30.0. The van der Waals surface area contributed by atoms with Crippen molar-refractivity contribution in [2.24, 2.45) is 11.8 Å². The van der Waals surface area contributed by atoms with Gasteiger partial charge in [0.15, 0.2) is 17.5 Å². The van der Waals surface area contributed by atoms with Crippen molar-refractivity contribution >= 4 is 40.8 Å². The summed E-state index contributed by atoms with van der Waals surface area (Å²) in [6.07, 6.45) is 7.13. The Labute approximate surface area is 327 Å². The van der Waals surface area contributed by atoms with Gasteiger partial charge in [-0.05, 0) is 98.1 Å². The number of carbonyl (C=O) groups is 2. The lowest BCUT2D eigenvalue weighted by molar-refractivity contribution is -0.159. The second-order valence-electron chi connectivity index (χ2n) is 13.9. The number of benzene rings is 2. The van der Waals surface area contributed by atoms with Crippen LogP contribution >= 0.6 is 23.2 Å². The van der Waals surface area contributed by atoms with Gasteiger partial charge >= 0.3 is 18.6 Å². The number of fused-ring (bicyclic) bond motifs is 3. The Balaban J connectivity index is 1.14. The molecule has 8 rings (SSSR count). The molecule has 55 heavy (non-hydrogen) atoms. The van der Waals surface area contributed by atoms with Crippen LogP contribution in [0.25, 0.3) is 0 Å². The maximum absolute atomic E-state index is 14.0. The molecule has 5 heterocycles. The van der Waals surface area contributed by atoms with E-state index in [1.807, 2.05) is 0 Å². The molecule has 1 aliphatic carbocycles. The first-order chi connectivity index (χ1) is 26.6. The molecule has 11 nitrogen and oxygen atoms in total. The van der Waals surface area contributed by atoms with Crippen LogP contribution in [0.1, 0.15) is 64.9 Å². The first-order valence-corrected chi connectivity index (χ1v) is 18.9. The molecule has 4 aromatic rings. The third kappa shape index (κ3) is 9.75. The normalized spacial score (nSPS) is 20.0. The monoisotopic (exact) mass is 796 g/mol. The number of pyridine rings is 2. The number of nitrogens with zero attached hydrogens (tertiary/aromatic N) is 3. The number of ether oxygens (including phenoxy) is 5. The van der Waals surface area contributed by atoms with E-state index in [2.05, 4.69) is 20.2 Å². The molecule has 3 saturated heterocycles. The maximum atomic E-state index is 14.0. The number of nitrogens with one attached hydrogen (secondary N) is 1. The van der Waals surface area contributed by atoms with Crippen molar-refractivity contribution in [3.63, 3.8) is 0 Å². The summed E-state index contributed by atoms with van der Waals surface area (Å²) in [6, 6.07) is 13.4. The van der Waals surface area contributed by atoms with Gasteiger partial charge in [-0.15, -0.1) is 0 Å². The minimum atomic E-state index is -3.07. The molecule has 0 amide bonds. The maximum Gasteiger partial charge on any atom is 0.387 e. The number of alkyl halides is 2. The fraction of sp³-hybridized carbons (Fsp3) is 0.400. The quantitative estimate of drug-likeness (QED) is 0.111. The average molecular weight is 798 g/mol. The summed E-state index contributed by atoms with van der Waals surface area (Å²) in [5.74, 6) is -0.204. The fourth-order valence-corrected chi connectivity index (χ4v) is 7.41. The van der Waals surface area contributed by atoms with Gasteiger partial charge in [0.25, 0.3) is 0 Å². The van der Waals surface area contributed by atoms with Crippen LogP contribution in [-0.4, -0.2) is 72.9 Å². The molecule has 1 unspecified atom stereocenters. The van der Waals surface area contributed by atoms with Crippen LogP contribution in [0.5, 0.6) is 17.4 Å². The second-order valence-corrected chi connectivity index (χ2v) is 14.7. The first-order valence-electron chi connectivity index (χ1n) is 18.1. The van der Waals surface area contributed by atoms with Gasteiger partial charge in [-0.3, -0.25) is 9.88 Å². The van der Waals surface area contributed by atoms with E-state index in [9.17, 15) is 18.4 Å². The van der Waals surface area contributed by atoms with Gasteiger partial charge in [0.2, 0.25) is 5.88 Å². The highest BCUT2D eigenvalue weighted by Crippen LogP contribution is 2.38. The summed E-state index contributed by atoms with van der Waals surface area (Å²) in [4.78, 5) is 38.4. The van der Waals surface area contributed by atoms with Crippen LogP contribution in [-0.2, 0) is 20.7 Å². The number of hydrogen-bond donors (Lipinski definition) is 1. The minimum absolute atomic E-state index is 0.0267. The number of hydrogen-bond acceptors (Lipinski definition) is 11. The number of piperidine rings is 3. The molecule has 3 atom stereocenters. The Hall–Kier alpha value is -4.72. The molecule has 15 heteroatoms. The number of carbonyl (C=O) groups excluding carboxylic acids is 2. The molecule has 1 saturated carbocycles. The smallest absolute Gasteiger partial charge is 0.387 e. The lowest BCUT2D eigenvalue weighted by Gasteiger charge is -2.44. The summed E-state index contributed by atoms with van der Waals surface area (Å²) >= 11 is 13.0. The van der Waals surface area contributed by atoms with Crippen molar-refractivity contribution in [3.05, 3.63) is 105 Å². The standard InChI is InChI=1S/C40H40Cl2F2N4O7/c1-51-36-10-8-27(18-46-36)37(39(50)54-35-21-48-13-11-24(35)12-14-48)47-28-4-2-3-26(15-28)38(49)53-33(17-29-30(41)19-45-20-31(29)42)25-7-9-32(55-40(43)44)34(16-25)52-22-23-5-6-23/h2-4,7-10,15-16,18-20,23-24,33,35,37,40,47H,5-6,11-14,17,21-22H2,1H3/t33-,35-,37?/m0/s1. The summed E-state index contributed by atoms with van der Waals surface area (Å²) in [6.45, 7) is -0.0403. The Morgan fingerprint density at radius 2 is 1.71 bits per heavy atom. The van der Waals surface area contributed by atoms with Crippen molar-refractivity contribution in [1.29, 1.82) is 0 Å². The lowest BCUT2D eigenvalue weighted by Crippen LogP contribution is -2.52. The molecule has 0 spiro atoms. The van der Waals surface area contributed by atoms with Crippen LogP contribution in [0.15, 0.2) is 73.2 Å². The van der Waals surface area contributed by atoms with Crippen molar-refractivity contribution in [3.8, 4) is 17.4 Å². The molecule has 0 radical (unpaired) electrons. The fourth-order valence-electron chi connectivity index (χ4n) is 6.89. The second kappa shape index (κ2) is 17.4. The highest BCUT2D eigenvalue weighted by Gasteiger charge is 2.38. The van der Waals surface area contributed by atoms with Crippen molar-refractivity contribution in [2.75, 3.05) is 38.7 Å². The number of halogens is 4. The summed E-state index contributed by atoms with van der Waals surface area (Å²) in [7, 11) is 1.51. The third-order valence-corrected chi connectivity index (χ3v) is 10.8. The van der Waals surface area contributed by atoms with Crippen LogP contribution in [0, 0.1) is 11.8 Å². The molecular weight excluding hydrogens is 757 g/mol. The van der Waals surface area contributed by atoms with Gasteiger partial charge in [-0.2, -0.15) is 8.78 Å². The van der Waals surface area contributed by atoms with Gasteiger partial charge in [0.05, 0.1) is 29.3 Å². The predicted molar refractivity (Wildman–Crippen MR) is 200 cm³/mol. The Morgan fingerprint density at radius 3 is 2.36 bits per heavy atom. The van der Waals surface area contributed by atoms with E-state index in [1.54, 1.807) is 42.6 Å². The highest BCUT2D eigenvalue weighted by molar-refractivity contribution is 6.35. The van der Waals surface area contributed by atoms with Gasteiger partial charge < -0.3 is 29.0 Å². The number of esters is 2. The first kappa shape index (κ1) is 38.6. The molecular formula is C40H40Cl2F2N4O7. The number of anilines is 1. The molecule has 2 aromatic carbocycles. The van der Waals surface area contributed by atoms with Gasteiger partial charge in [0, 0.05) is 48.9 Å². The average Bonchev–Trinajstić information content (AvgIpc) is 4.03. The predicted octanol–water partition coefficient (Wildman–Crippen LogP) is 8.11. The SMILES string of the molecule is COc1ccc(C(Nc2cccc(C(=O)O[C@@H](Cc3c(Cl)cncc3Cl)c3ccc(OC(F)F)c(OCC4CC4)c3)c2)C(=O)O[C@H]2CN3CCC2CC3)cn1. The molecule has 2 bridgehead atoms. The minimum Gasteiger partial charge on any atom is -0.489 e. The van der Waals surface area contributed by atoms with Gasteiger partial charge in [-0.25, -0.2) is 14.6 Å². The van der Waals surface area contributed by atoms with E-state index in [4.69, 9.17) is 46.9 Å². The molecule has 1 N–H and O–H groups in total. The molecule has 4 aliphatic rings. The molecule has 2 aromatic heterocycles. The van der Waals surface area contributed by atoms with Crippen molar-refractivity contribution in [1.82, 2.24) is 14.9 Å². The van der Waals surface area contributed by atoms with E-state index in [0.717, 1.165) is 38.8 Å². The summed E-state index contributed by atoms with van der Waals surface area (Å²) in [5, 5.41) is 3.76. The summed E-state index contributed by atoms with van der Waals surface area (Å²) in [5.41, 5.74) is 2.06. The highest BCUT2D eigenvalue weighted by atomic mass is 35.5. The topological polar surface area (TPSA) is 121 Å². The number of methoxy groups -OCH3 is 1. The number of rotatable bonds is 16. The van der Waals surface area contributed by atoms with Crippen LogP contribution in [0.3, 0.4) is 0 Å².